The van der Waals surface area contributed by atoms with Crippen LogP contribution in [0.2, 0.25) is 0 Å². The van der Waals surface area contributed by atoms with Crippen molar-refractivity contribution in [2.75, 3.05) is 10.5 Å². The van der Waals surface area contributed by atoms with Gasteiger partial charge in [0.25, 0.3) is 10.0 Å². The van der Waals surface area contributed by atoms with Crippen molar-refractivity contribution in [1.29, 1.82) is 0 Å². The maximum absolute atomic E-state index is 12.5. The normalized spacial score (nSPS) is 11.4. The highest BCUT2D eigenvalue weighted by molar-refractivity contribution is 9.10. The Balaban J connectivity index is 2.48. The minimum absolute atomic E-state index is 0.128. The minimum Gasteiger partial charge on any atom is -0.398 e. The zero-order valence-corrected chi connectivity index (χ0v) is 14.5. The molecule has 0 saturated carbocycles. The Hall–Kier alpha value is -1.53. The van der Waals surface area contributed by atoms with E-state index in [-0.39, 0.29) is 10.6 Å². The largest absolute Gasteiger partial charge is 0.398 e. The van der Waals surface area contributed by atoms with Gasteiger partial charge in [-0.15, -0.1) is 0 Å². The second-order valence-corrected chi connectivity index (χ2v) is 7.44. The standard InChI is InChI=1S/C15H17BrN2O2S/c1-9-5-4-6-13(17)15(9)21(19,20)18-12-7-10(2)14(16)11(3)8-12/h4-8,18H,17H2,1-3H3. The molecule has 21 heavy (non-hydrogen) atoms. The van der Waals surface area contributed by atoms with Crippen molar-refractivity contribution in [2.24, 2.45) is 0 Å². The Bertz CT molecular complexity index is 758. The molecule has 112 valence electrons. The van der Waals surface area contributed by atoms with Crippen LogP contribution >= 0.6 is 15.9 Å². The van der Waals surface area contributed by atoms with Gasteiger partial charge in [-0.1, -0.05) is 28.1 Å². The third-order valence-corrected chi connectivity index (χ3v) is 6.05. The van der Waals surface area contributed by atoms with Crippen LogP contribution < -0.4 is 10.5 Å². The van der Waals surface area contributed by atoms with Crippen LogP contribution in [0.5, 0.6) is 0 Å². The van der Waals surface area contributed by atoms with Gasteiger partial charge < -0.3 is 5.73 Å². The van der Waals surface area contributed by atoms with Crippen LogP contribution in [0, 0.1) is 20.8 Å². The molecule has 0 aliphatic carbocycles. The number of nitrogens with two attached hydrogens (primary N) is 1. The molecule has 0 heterocycles. The Morgan fingerprint density at radius 3 is 2.14 bits per heavy atom. The highest BCUT2D eigenvalue weighted by Gasteiger charge is 2.20. The number of nitrogens with one attached hydrogen (secondary N) is 1. The highest BCUT2D eigenvalue weighted by atomic mass is 79.9. The number of rotatable bonds is 3. The third-order valence-electron chi connectivity index (χ3n) is 3.20. The van der Waals surface area contributed by atoms with Crippen LogP contribution in [0.1, 0.15) is 16.7 Å². The molecule has 0 amide bonds. The quantitative estimate of drug-likeness (QED) is 0.810. The number of sulfonamides is 1. The van der Waals surface area contributed by atoms with Gasteiger partial charge in [-0.2, -0.15) is 0 Å². The maximum atomic E-state index is 12.5. The number of anilines is 2. The van der Waals surface area contributed by atoms with Crippen molar-refractivity contribution in [3.63, 3.8) is 0 Å². The summed E-state index contributed by atoms with van der Waals surface area (Å²) in [6.07, 6.45) is 0. The number of aryl methyl sites for hydroxylation is 3. The van der Waals surface area contributed by atoms with Crippen LogP contribution in [0.15, 0.2) is 39.7 Å². The van der Waals surface area contributed by atoms with Gasteiger partial charge in [0.2, 0.25) is 0 Å². The van der Waals surface area contributed by atoms with E-state index in [1.165, 1.54) is 0 Å². The lowest BCUT2D eigenvalue weighted by Gasteiger charge is -2.14. The fourth-order valence-corrected chi connectivity index (χ4v) is 3.88. The van der Waals surface area contributed by atoms with Crippen molar-refractivity contribution >= 4 is 37.3 Å². The van der Waals surface area contributed by atoms with Crippen LogP contribution in [0.3, 0.4) is 0 Å². The van der Waals surface area contributed by atoms with Gasteiger partial charge in [-0.05, 0) is 55.7 Å². The Morgan fingerprint density at radius 2 is 1.62 bits per heavy atom. The molecule has 0 aliphatic rings. The van der Waals surface area contributed by atoms with Crippen molar-refractivity contribution < 1.29 is 8.42 Å². The van der Waals surface area contributed by atoms with E-state index in [2.05, 4.69) is 20.7 Å². The van der Waals surface area contributed by atoms with Crippen molar-refractivity contribution in [2.45, 2.75) is 25.7 Å². The summed E-state index contributed by atoms with van der Waals surface area (Å²) >= 11 is 3.46. The minimum atomic E-state index is -3.71. The van der Waals surface area contributed by atoms with E-state index < -0.39 is 10.0 Å². The Morgan fingerprint density at radius 1 is 1.05 bits per heavy atom. The summed E-state index contributed by atoms with van der Waals surface area (Å²) in [7, 11) is -3.71. The molecule has 2 rings (SSSR count). The van der Waals surface area contributed by atoms with Crippen molar-refractivity contribution in [3.8, 4) is 0 Å². The second-order valence-electron chi connectivity index (χ2n) is 5.02. The van der Waals surface area contributed by atoms with Crippen molar-refractivity contribution in [1.82, 2.24) is 0 Å². The summed E-state index contributed by atoms with van der Waals surface area (Å²) in [6, 6.07) is 8.60. The summed E-state index contributed by atoms with van der Waals surface area (Å²) in [6.45, 7) is 5.55. The molecule has 4 nitrogen and oxygen atoms in total. The average Bonchev–Trinajstić information content (AvgIpc) is 2.34. The molecule has 3 N–H and O–H groups in total. The van der Waals surface area contributed by atoms with E-state index in [0.29, 0.717) is 11.3 Å². The molecule has 0 unspecified atom stereocenters. The van der Waals surface area contributed by atoms with E-state index in [4.69, 9.17) is 5.73 Å². The topological polar surface area (TPSA) is 72.2 Å². The lowest BCUT2D eigenvalue weighted by atomic mass is 10.1. The molecule has 0 saturated heterocycles. The molecule has 0 radical (unpaired) electrons. The van der Waals surface area contributed by atoms with E-state index in [1.54, 1.807) is 37.3 Å². The SMILES string of the molecule is Cc1cc(NS(=O)(=O)c2c(C)cccc2N)cc(C)c1Br. The van der Waals surface area contributed by atoms with Gasteiger partial charge in [0.1, 0.15) is 4.90 Å². The smallest absolute Gasteiger partial charge is 0.264 e. The van der Waals surface area contributed by atoms with Gasteiger partial charge in [-0.3, -0.25) is 4.72 Å². The predicted molar refractivity (Wildman–Crippen MR) is 90.0 cm³/mol. The first-order chi connectivity index (χ1) is 9.72. The first-order valence-corrected chi connectivity index (χ1v) is 8.64. The number of nitrogen functional groups attached to an aromatic ring is 1. The van der Waals surface area contributed by atoms with E-state index in [0.717, 1.165) is 15.6 Å². The van der Waals surface area contributed by atoms with Crippen LogP contribution in [-0.2, 0) is 10.0 Å². The lowest BCUT2D eigenvalue weighted by molar-refractivity contribution is 0.601. The molecule has 2 aromatic rings. The fourth-order valence-electron chi connectivity index (χ4n) is 2.25. The number of hydrogen-bond donors (Lipinski definition) is 2. The predicted octanol–water partition coefficient (Wildman–Crippen LogP) is 3.76. The van der Waals surface area contributed by atoms with E-state index in [9.17, 15) is 8.42 Å². The molecular formula is C15H17BrN2O2S. The van der Waals surface area contributed by atoms with Gasteiger partial charge in [0.15, 0.2) is 0 Å². The molecule has 6 heteroatoms. The summed E-state index contributed by atoms with van der Waals surface area (Å²) < 4.78 is 28.7. The highest BCUT2D eigenvalue weighted by Crippen LogP contribution is 2.28. The number of hydrogen-bond acceptors (Lipinski definition) is 3. The summed E-state index contributed by atoms with van der Waals surface area (Å²) in [5, 5.41) is 0. The van der Waals surface area contributed by atoms with Crippen molar-refractivity contribution in [3.05, 3.63) is 51.5 Å². The summed E-state index contributed by atoms with van der Waals surface area (Å²) in [4.78, 5) is 0.128. The van der Waals surface area contributed by atoms with Crippen LogP contribution in [0.4, 0.5) is 11.4 Å². The zero-order valence-electron chi connectivity index (χ0n) is 12.1. The van der Waals surface area contributed by atoms with Gasteiger partial charge >= 0.3 is 0 Å². The van der Waals surface area contributed by atoms with Crippen LogP contribution in [-0.4, -0.2) is 8.42 Å². The molecule has 0 aromatic heterocycles. The number of halogens is 1. The van der Waals surface area contributed by atoms with Gasteiger partial charge in [0.05, 0.1) is 5.69 Å². The molecule has 0 bridgehead atoms. The molecule has 0 fully saturated rings. The lowest BCUT2D eigenvalue weighted by Crippen LogP contribution is -2.16. The molecular weight excluding hydrogens is 352 g/mol. The molecule has 0 aliphatic heterocycles. The average molecular weight is 369 g/mol. The monoisotopic (exact) mass is 368 g/mol. The summed E-state index contributed by atoms with van der Waals surface area (Å²) in [5.74, 6) is 0. The molecule has 2 aromatic carbocycles. The van der Waals surface area contributed by atoms with Gasteiger partial charge in [0, 0.05) is 10.2 Å². The Kier molecular flexibility index (Phi) is 4.30. The Labute approximate surface area is 133 Å². The first-order valence-electron chi connectivity index (χ1n) is 6.37. The van der Waals surface area contributed by atoms with Crippen LogP contribution in [0.25, 0.3) is 0 Å². The second kappa shape index (κ2) is 5.69. The number of benzene rings is 2. The third kappa shape index (κ3) is 3.22. The fraction of sp³-hybridized carbons (Fsp3) is 0.200. The zero-order chi connectivity index (χ0) is 15.8. The van der Waals surface area contributed by atoms with E-state index in [1.807, 2.05) is 13.8 Å². The molecule has 0 atom stereocenters. The first kappa shape index (κ1) is 15.9. The maximum Gasteiger partial charge on any atom is 0.264 e. The van der Waals surface area contributed by atoms with Gasteiger partial charge in [-0.25, -0.2) is 8.42 Å². The van der Waals surface area contributed by atoms with E-state index >= 15 is 0 Å². The molecule has 0 spiro atoms. The summed E-state index contributed by atoms with van der Waals surface area (Å²) in [5.41, 5.74) is 9.13.